The van der Waals surface area contributed by atoms with Crippen molar-refractivity contribution in [2.45, 2.75) is 31.8 Å². The first-order valence-electron chi connectivity index (χ1n) is 10.1. The molecule has 1 aliphatic heterocycles. The van der Waals surface area contributed by atoms with Gasteiger partial charge >= 0.3 is 0 Å². The minimum Gasteiger partial charge on any atom is -0.496 e. The standard InChI is InChI=1S/C23H29N3O3/c1-17(20-10-6-7-11-21(20)29-2)24-22(27)16-26-14-12-19(13-15-26)25-23(28)18-8-4-3-5-9-18/h3-11,17,19H,12-16H2,1-2H3,(H,24,27)(H,25,28). The third kappa shape index (κ3) is 5.81. The van der Waals surface area contributed by atoms with Gasteiger partial charge in [0.1, 0.15) is 5.75 Å². The molecule has 0 spiro atoms. The lowest BCUT2D eigenvalue weighted by atomic mass is 10.0. The summed E-state index contributed by atoms with van der Waals surface area (Å²) in [5.74, 6) is 0.734. The van der Waals surface area contributed by atoms with E-state index < -0.39 is 0 Å². The van der Waals surface area contributed by atoms with Crippen LogP contribution in [-0.2, 0) is 4.79 Å². The molecule has 1 atom stereocenters. The Hall–Kier alpha value is -2.86. The molecule has 1 aliphatic rings. The van der Waals surface area contributed by atoms with E-state index in [1.807, 2.05) is 61.5 Å². The molecule has 2 aromatic carbocycles. The van der Waals surface area contributed by atoms with E-state index >= 15 is 0 Å². The monoisotopic (exact) mass is 395 g/mol. The molecular weight excluding hydrogens is 366 g/mol. The van der Waals surface area contributed by atoms with Crippen LogP contribution in [0.4, 0.5) is 0 Å². The van der Waals surface area contributed by atoms with Crippen molar-refractivity contribution in [2.24, 2.45) is 0 Å². The summed E-state index contributed by atoms with van der Waals surface area (Å²) in [6, 6.07) is 17.0. The highest BCUT2D eigenvalue weighted by Crippen LogP contribution is 2.24. The molecule has 1 saturated heterocycles. The van der Waals surface area contributed by atoms with E-state index in [0.717, 1.165) is 37.2 Å². The van der Waals surface area contributed by atoms with E-state index in [0.29, 0.717) is 12.1 Å². The fourth-order valence-corrected chi connectivity index (χ4v) is 3.69. The number of carbonyl (C=O) groups excluding carboxylic acids is 2. The van der Waals surface area contributed by atoms with Gasteiger partial charge in [0.05, 0.1) is 19.7 Å². The minimum absolute atomic E-state index is 0.00447. The average molecular weight is 396 g/mol. The van der Waals surface area contributed by atoms with Crippen LogP contribution in [0.15, 0.2) is 54.6 Å². The van der Waals surface area contributed by atoms with Crippen molar-refractivity contribution >= 4 is 11.8 Å². The third-order valence-electron chi connectivity index (χ3n) is 5.31. The number of nitrogens with zero attached hydrogens (tertiary/aromatic N) is 1. The maximum Gasteiger partial charge on any atom is 0.251 e. The van der Waals surface area contributed by atoms with Gasteiger partial charge in [-0.3, -0.25) is 14.5 Å². The maximum atomic E-state index is 12.5. The molecule has 1 unspecified atom stereocenters. The summed E-state index contributed by atoms with van der Waals surface area (Å²) in [5, 5.41) is 6.15. The van der Waals surface area contributed by atoms with Crippen molar-refractivity contribution in [1.29, 1.82) is 0 Å². The summed E-state index contributed by atoms with van der Waals surface area (Å²) in [7, 11) is 1.63. The average Bonchev–Trinajstić information content (AvgIpc) is 2.75. The Balaban J connectivity index is 1.43. The summed E-state index contributed by atoms with van der Waals surface area (Å²) in [6.45, 7) is 3.90. The molecule has 2 aromatic rings. The van der Waals surface area contributed by atoms with Crippen molar-refractivity contribution in [2.75, 3.05) is 26.7 Å². The van der Waals surface area contributed by atoms with Gasteiger partial charge in [-0.15, -0.1) is 0 Å². The number of hydrogen-bond donors (Lipinski definition) is 2. The highest BCUT2D eigenvalue weighted by atomic mass is 16.5. The SMILES string of the molecule is COc1ccccc1C(C)NC(=O)CN1CCC(NC(=O)c2ccccc2)CC1. The number of carbonyl (C=O) groups is 2. The molecular formula is C23H29N3O3. The lowest BCUT2D eigenvalue weighted by molar-refractivity contribution is -0.123. The van der Waals surface area contributed by atoms with Crippen LogP contribution in [0.2, 0.25) is 0 Å². The zero-order chi connectivity index (χ0) is 20.6. The number of amides is 2. The molecule has 0 aliphatic carbocycles. The number of piperidine rings is 1. The van der Waals surface area contributed by atoms with Crippen molar-refractivity contribution in [3.8, 4) is 5.75 Å². The second-order valence-corrected chi connectivity index (χ2v) is 7.42. The second kappa shape index (κ2) is 10.1. The number of nitrogens with one attached hydrogen (secondary N) is 2. The highest BCUT2D eigenvalue weighted by Gasteiger charge is 2.23. The fraction of sp³-hybridized carbons (Fsp3) is 0.391. The lowest BCUT2D eigenvalue weighted by Gasteiger charge is -2.32. The van der Waals surface area contributed by atoms with Crippen LogP contribution in [0.25, 0.3) is 0 Å². The number of benzene rings is 2. The first-order valence-corrected chi connectivity index (χ1v) is 10.1. The van der Waals surface area contributed by atoms with Gasteiger partial charge in [-0.25, -0.2) is 0 Å². The first-order chi connectivity index (χ1) is 14.1. The highest BCUT2D eigenvalue weighted by molar-refractivity contribution is 5.94. The van der Waals surface area contributed by atoms with Gasteiger partial charge in [-0.05, 0) is 38.0 Å². The molecule has 154 valence electrons. The van der Waals surface area contributed by atoms with E-state index in [9.17, 15) is 9.59 Å². The molecule has 0 saturated carbocycles. The molecule has 29 heavy (non-hydrogen) atoms. The Labute approximate surface area is 172 Å². The zero-order valence-corrected chi connectivity index (χ0v) is 17.1. The van der Waals surface area contributed by atoms with Crippen LogP contribution < -0.4 is 15.4 Å². The van der Waals surface area contributed by atoms with Crippen LogP contribution >= 0.6 is 0 Å². The van der Waals surface area contributed by atoms with Gasteiger partial charge in [0.2, 0.25) is 5.91 Å². The molecule has 3 rings (SSSR count). The molecule has 6 heteroatoms. The smallest absolute Gasteiger partial charge is 0.251 e. The molecule has 2 amide bonds. The van der Waals surface area contributed by atoms with Crippen LogP contribution in [-0.4, -0.2) is 49.5 Å². The van der Waals surface area contributed by atoms with Crippen LogP contribution in [0.1, 0.15) is 41.7 Å². The number of ether oxygens (including phenoxy) is 1. The third-order valence-corrected chi connectivity index (χ3v) is 5.31. The van der Waals surface area contributed by atoms with Gasteiger partial charge in [-0.1, -0.05) is 36.4 Å². The van der Waals surface area contributed by atoms with Crippen LogP contribution in [0, 0.1) is 0 Å². The Morgan fingerprint density at radius 1 is 1.07 bits per heavy atom. The van der Waals surface area contributed by atoms with Crippen molar-refractivity contribution in [3.63, 3.8) is 0 Å². The largest absolute Gasteiger partial charge is 0.496 e. The summed E-state index contributed by atoms with van der Waals surface area (Å²) < 4.78 is 5.38. The molecule has 0 aromatic heterocycles. The van der Waals surface area contributed by atoms with E-state index in [1.54, 1.807) is 7.11 Å². The van der Waals surface area contributed by atoms with Crippen molar-refractivity contribution in [3.05, 3.63) is 65.7 Å². The number of para-hydroxylation sites is 1. The molecule has 0 bridgehead atoms. The minimum atomic E-state index is -0.124. The second-order valence-electron chi connectivity index (χ2n) is 7.42. The van der Waals surface area contributed by atoms with Crippen LogP contribution in [0.3, 0.4) is 0 Å². The number of likely N-dealkylation sites (tertiary alicyclic amines) is 1. The van der Waals surface area contributed by atoms with Crippen molar-refractivity contribution in [1.82, 2.24) is 15.5 Å². The summed E-state index contributed by atoms with van der Waals surface area (Å²) >= 11 is 0. The van der Waals surface area contributed by atoms with Gasteiger partial charge in [0.25, 0.3) is 5.91 Å². The van der Waals surface area contributed by atoms with Gasteiger partial charge in [-0.2, -0.15) is 0 Å². The summed E-state index contributed by atoms with van der Waals surface area (Å²) in [6.07, 6.45) is 1.68. The zero-order valence-electron chi connectivity index (χ0n) is 17.1. The molecule has 2 N–H and O–H groups in total. The topological polar surface area (TPSA) is 70.7 Å². The maximum absolute atomic E-state index is 12.5. The van der Waals surface area contributed by atoms with Crippen molar-refractivity contribution < 1.29 is 14.3 Å². The Morgan fingerprint density at radius 3 is 2.41 bits per heavy atom. The lowest BCUT2D eigenvalue weighted by Crippen LogP contribution is -2.47. The predicted octanol–water partition coefficient (Wildman–Crippen LogP) is 2.77. The quantitative estimate of drug-likeness (QED) is 0.756. The molecule has 0 radical (unpaired) electrons. The molecule has 1 heterocycles. The Morgan fingerprint density at radius 2 is 1.72 bits per heavy atom. The Kier molecular flexibility index (Phi) is 7.25. The van der Waals surface area contributed by atoms with Gasteiger partial charge in [0, 0.05) is 30.3 Å². The van der Waals surface area contributed by atoms with Gasteiger partial charge < -0.3 is 15.4 Å². The summed E-state index contributed by atoms with van der Waals surface area (Å²) in [5.41, 5.74) is 1.64. The first kappa shape index (κ1) is 20.9. The van der Waals surface area contributed by atoms with E-state index in [1.165, 1.54) is 0 Å². The van der Waals surface area contributed by atoms with E-state index in [2.05, 4.69) is 15.5 Å². The van der Waals surface area contributed by atoms with E-state index in [4.69, 9.17) is 4.74 Å². The fourth-order valence-electron chi connectivity index (χ4n) is 3.69. The predicted molar refractivity (Wildman–Crippen MR) is 113 cm³/mol. The number of methoxy groups -OCH3 is 1. The van der Waals surface area contributed by atoms with E-state index in [-0.39, 0.29) is 23.9 Å². The number of rotatable bonds is 7. The molecule has 6 nitrogen and oxygen atoms in total. The summed E-state index contributed by atoms with van der Waals surface area (Å²) in [4.78, 5) is 26.9. The Bertz CT molecular complexity index is 817. The normalized spacial score (nSPS) is 16.1. The molecule has 1 fully saturated rings. The number of hydrogen-bond acceptors (Lipinski definition) is 4. The van der Waals surface area contributed by atoms with Crippen LogP contribution in [0.5, 0.6) is 5.75 Å². The van der Waals surface area contributed by atoms with Gasteiger partial charge in [0.15, 0.2) is 0 Å².